The molecule has 1 aromatic rings. The lowest BCUT2D eigenvalue weighted by Gasteiger charge is -2.40. The van der Waals surface area contributed by atoms with E-state index in [0.29, 0.717) is 12.6 Å². The molecule has 0 bridgehead atoms. The van der Waals surface area contributed by atoms with Crippen molar-refractivity contribution < 1.29 is 4.74 Å². The van der Waals surface area contributed by atoms with E-state index in [-0.39, 0.29) is 12.2 Å². The van der Waals surface area contributed by atoms with E-state index < -0.39 is 0 Å². The Kier molecular flexibility index (Phi) is 4.97. The fraction of sp³-hybridized carbons (Fsp3) is 0.625. The van der Waals surface area contributed by atoms with E-state index >= 15 is 0 Å². The Morgan fingerprint density at radius 2 is 1.79 bits per heavy atom. The number of benzene rings is 1. The lowest BCUT2D eigenvalue weighted by molar-refractivity contribution is -0.0799. The molecule has 0 saturated carbocycles. The summed E-state index contributed by atoms with van der Waals surface area (Å²) in [6.45, 7) is 9.03. The van der Waals surface area contributed by atoms with Gasteiger partial charge >= 0.3 is 0 Å². The van der Waals surface area contributed by atoms with Gasteiger partial charge in [0.05, 0.1) is 12.2 Å². The largest absolute Gasteiger partial charge is 0.373 e. The number of hydrogen-bond acceptors (Lipinski definition) is 3. The number of nitrogens with zero attached hydrogens (tertiary/aromatic N) is 1. The zero-order valence-corrected chi connectivity index (χ0v) is 12.3. The van der Waals surface area contributed by atoms with Crippen LogP contribution in [-0.2, 0) is 11.2 Å². The third-order valence-corrected chi connectivity index (χ3v) is 3.88. The number of morpholine rings is 1. The van der Waals surface area contributed by atoms with Crippen molar-refractivity contribution >= 4 is 0 Å². The molecule has 1 aliphatic rings. The summed E-state index contributed by atoms with van der Waals surface area (Å²) < 4.78 is 5.80. The Hall–Kier alpha value is -0.900. The lowest BCUT2D eigenvalue weighted by Crippen LogP contribution is -2.48. The summed E-state index contributed by atoms with van der Waals surface area (Å²) in [5.41, 5.74) is 8.71. The molecule has 1 aromatic carbocycles. The number of hydrogen-bond donors (Lipinski definition) is 1. The Morgan fingerprint density at radius 3 is 2.26 bits per heavy atom. The van der Waals surface area contributed by atoms with Crippen LogP contribution in [0.25, 0.3) is 0 Å². The molecular formula is C16H26N2O. The summed E-state index contributed by atoms with van der Waals surface area (Å²) in [5.74, 6) is 0. The molecule has 1 fully saturated rings. The van der Waals surface area contributed by atoms with Crippen molar-refractivity contribution in [3.63, 3.8) is 0 Å². The average Bonchev–Trinajstić information content (AvgIpc) is 2.39. The molecule has 0 amide bonds. The topological polar surface area (TPSA) is 38.5 Å². The van der Waals surface area contributed by atoms with Crippen LogP contribution in [0, 0.1) is 0 Å². The van der Waals surface area contributed by atoms with Gasteiger partial charge in [-0.25, -0.2) is 0 Å². The Morgan fingerprint density at radius 1 is 1.21 bits per heavy atom. The second-order valence-electron chi connectivity index (χ2n) is 5.56. The first-order chi connectivity index (χ1) is 9.13. The molecule has 2 N–H and O–H groups in total. The van der Waals surface area contributed by atoms with E-state index in [0.717, 1.165) is 19.5 Å². The summed E-state index contributed by atoms with van der Waals surface area (Å²) >= 11 is 0. The van der Waals surface area contributed by atoms with E-state index in [9.17, 15) is 0 Å². The maximum absolute atomic E-state index is 6.01. The van der Waals surface area contributed by atoms with Gasteiger partial charge in [0, 0.05) is 25.7 Å². The standard InChI is InChI=1S/C16H26N2O/c1-4-14-5-7-15(8-6-14)16(9-17)18-10-12(2)19-13(3)11-18/h5-8,12-13,16H,4,9-11,17H2,1-3H3. The molecule has 0 radical (unpaired) electrons. The van der Waals surface area contributed by atoms with E-state index in [1.807, 2.05) is 0 Å². The summed E-state index contributed by atoms with van der Waals surface area (Å²) in [4.78, 5) is 2.46. The van der Waals surface area contributed by atoms with Crippen LogP contribution >= 0.6 is 0 Å². The van der Waals surface area contributed by atoms with Crippen molar-refractivity contribution in [2.24, 2.45) is 5.73 Å². The molecule has 3 unspecified atom stereocenters. The van der Waals surface area contributed by atoms with Crippen molar-refractivity contribution in [2.75, 3.05) is 19.6 Å². The van der Waals surface area contributed by atoms with Crippen LogP contribution in [0.5, 0.6) is 0 Å². The van der Waals surface area contributed by atoms with E-state index in [1.165, 1.54) is 11.1 Å². The molecule has 106 valence electrons. The monoisotopic (exact) mass is 262 g/mol. The maximum Gasteiger partial charge on any atom is 0.0678 e. The Labute approximate surface area is 116 Å². The highest BCUT2D eigenvalue weighted by Crippen LogP contribution is 2.24. The molecule has 3 nitrogen and oxygen atoms in total. The predicted octanol–water partition coefficient (Wildman–Crippen LogP) is 2.36. The Bertz CT molecular complexity index is 380. The van der Waals surface area contributed by atoms with Crippen LogP contribution in [0.15, 0.2) is 24.3 Å². The number of rotatable bonds is 4. The molecule has 0 spiro atoms. The number of aryl methyl sites for hydroxylation is 1. The molecule has 2 rings (SSSR count). The molecule has 3 heteroatoms. The van der Waals surface area contributed by atoms with Crippen molar-refractivity contribution in [1.82, 2.24) is 4.90 Å². The summed E-state index contributed by atoms with van der Waals surface area (Å²) in [5, 5.41) is 0. The second kappa shape index (κ2) is 6.51. The molecular weight excluding hydrogens is 236 g/mol. The SMILES string of the molecule is CCc1ccc(C(CN)N2CC(C)OC(C)C2)cc1. The van der Waals surface area contributed by atoms with Crippen LogP contribution in [-0.4, -0.2) is 36.7 Å². The highest BCUT2D eigenvalue weighted by molar-refractivity contribution is 5.25. The molecule has 1 aliphatic heterocycles. The summed E-state index contributed by atoms with van der Waals surface area (Å²) in [6.07, 6.45) is 1.65. The van der Waals surface area contributed by atoms with Crippen LogP contribution in [0.2, 0.25) is 0 Å². The molecule has 0 aliphatic carbocycles. The first-order valence-electron chi connectivity index (χ1n) is 7.32. The van der Waals surface area contributed by atoms with Gasteiger partial charge in [0.15, 0.2) is 0 Å². The smallest absolute Gasteiger partial charge is 0.0678 e. The first-order valence-corrected chi connectivity index (χ1v) is 7.32. The van der Waals surface area contributed by atoms with Crippen molar-refractivity contribution in [1.29, 1.82) is 0 Å². The van der Waals surface area contributed by atoms with E-state index in [2.05, 4.69) is 49.9 Å². The normalized spacial score (nSPS) is 26.3. The fourth-order valence-electron chi connectivity index (χ4n) is 2.94. The van der Waals surface area contributed by atoms with Gasteiger partial charge in [0.25, 0.3) is 0 Å². The highest BCUT2D eigenvalue weighted by Gasteiger charge is 2.27. The van der Waals surface area contributed by atoms with Gasteiger partial charge in [-0.3, -0.25) is 4.90 Å². The van der Waals surface area contributed by atoms with Gasteiger partial charge in [-0.15, -0.1) is 0 Å². The van der Waals surface area contributed by atoms with Crippen molar-refractivity contribution in [3.8, 4) is 0 Å². The van der Waals surface area contributed by atoms with Crippen LogP contribution in [0.4, 0.5) is 0 Å². The molecule has 1 saturated heterocycles. The van der Waals surface area contributed by atoms with Crippen LogP contribution in [0.3, 0.4) is 0 Å². The minimum absolute atomic E-state index is 0.285. The average molecular weight is 262 g/mol. The minimum atomic E-state index is 0.285. The van der Waals surface area contributed by atoms with Gasteiger partial charge in [-0.2, -0.15) is 0 Å². The Balaban J connectivity index is 2.13. The van der Waals surface area contributed by atoms with Crippen molar-refractivity contribution in [3.05, 3.63) is 35.4 Å². The number of ether oxygens (including phenoxy) is 1. The van der Waals surface area contributed by atoms with E-state index in [1.54, 1.807) is 0 Å². The quantitative estimate of drug-likeness (QED) is 0.905. The highest BCUT2D eigenvalue weighted by atomic mass is 16.5. The summed E-state index contributed by atoms with van der Waals surface area (Å²) in [6, 6.07) is 9.18. The summed E-state index contributed by atoms with van der Waals surface area (Å²) in [7, 11) is 0. The van der Waals surface area contributed by atoms with E-state index in [4.69, 9.17) is 10.5 Å². The third kappa shape index (κ3) is 3.56. The molecule has 3 atom stereocenters. The van der Waals surface area contributed by atoms with Crippen LogP contribution in [0.1, 0.15) is 37.9 Å². The van der Waals surface area contributed by atoms with Gasteiger partial charge in [0.2, 0.25) is 0 Å². The van der Waals surface area contributed by atoms with Gasteiger partial charge in [-0.1, -0.05) is 31.2 Å². The third-order valence-electron chi connectivity index (χ3n) is 3.88. The number of nitrogens with two attached hydrogens (primary N) is 1. The van der Waals surface area contributed by atoms with Crippen LogP contribution < -0.4 is 5.73 Å². The molecule has 1 heterocycles. The second-order valence-corrected chi connectivity index (χ2v) is 5.56. The first kappa shape index (κ1) is 14.5. The predicted molar refractivity (Wildman–Crippen MR) is 79.2 cm³/mol. The fourth-order valence-corrected chi connectivity index (χ4v) is 2.94. The van der Waals surface area contributed by atoms with Crippen molar-refractivity contribution in [2.45, 2.75) is 45.4 Å². The lowest BCUT2D eigenvalue weighted by atomic mass is 10.0. The zero-order valence-electron chi connectivity index (χ0n) is 12.3. The minimum Gasteiger partial charge on any atom is -0.373 e. The van der Waals surface area contributed by atoms with Gasteiger partial charge in [0.1, 0.15) is 0 Å². The van der Waals surface area contributed by atoms with Gasteiger partial charge in [-0.05, 0) is 31.4 Å². The zero-order chi connectivity index (χ0) is 13.8. The molecule has 19 heavy (non-hydrogen) atoms. The van der Waals surface area contributed by atoms with Gasteiger partial charge < -0.3 is 10.5 Å². The maximum atomic E-state index is 6.01. The molecule has 0 aromatic heterocycles.